The van der Waals surface area contributed by atoms with Crippen molar-refractivity contribution in [2.45, 2.75) is 75.3 Å². The number of anilines is 2. The van der Waals surface area contributed by atoms with E-state index in [0.717, 1.165) is 11.0 Å². The van der Waals surface area contributed by atoms with Gasteiger partial charge in [0.25, 0.3) is 11.5 Å². The number of fused-ring (bicyclic) bond motifs is 2. The number of amides is 2. The average molecular weight is 1210 g/mol. The lowest BCUT2D eigenvalue weighted by molar-refractivity contribution is -0.192. The second-order valence-corrected chi connectivity index (χ2v) is 22.9. The predicted octanol–water partition coefficient (Wildman–Crippen LogP) is 6.71. The summed E-state index contributed by atoms with van der Waals surface area (Å²) >= 11 is 6.06. The Morgan fingerprint density at radius 1 is 0.893 bits per heavy atom. The molecule has 84 heavy (non-hydrogen) atoms. The van der Waals surface area contributed by atoms with Gasteiger partial charge in [-0.1, -0.05) is 91.9 Å². The van der Waals surface area contributed by atoms with Gasteiger partial charge in [-0.25, -0.2) is 19.3 Å². The fourth-order valence-electron chi connectivity index (χ4n) is 9.56. The molecule has 30 heteroatoms. The van der Waals surface area contributed by atoms with Crippen molar-refractivity contribution >= 4 is 72.7 Å². The highest BCUT2D eigenvalue weighted by Gasteiger charge is 2.53. The second kappa shape index (κ2) is 25.9. The number of halogens is 1. The Balaban J connectivity index is 1.00. The molecule has 2 saturated heterocycles. The van der Waals surface area contributed by atoms with Gasteiger partial charge in [-0.2, -0.15) is 14.9 Å². The van der Waals surface area contributed by atoms with E-state index in [4.69, 9.17) is 53.6 Å². The number of nitriles is 1. The minimum atomic E-state index is -4.28. The van der Waals surface area contributed by atoms with Gasteiger partial charge in [0.15, 0.2) is 52.9 Å². The Labute approximate surface area is 483 Å². The van der Waals surface area contributed by atoms with Crippen LogP contribution in [0.5, 0.6) is 11.5 Å². The van der Waals surface area contributed by atoms with E-state index in [-0.39, 0.29) is 53.5 Å². The van der Waals surface area contributed by atoms with Crippen molar-refractivity contribution in [1.82, 2.24) is 44.5 Å². The molecule has 26 nitrogen and oxygen atoms in total. The minimum absolute atomic E-state index is 0.00609. The van der Waals surface area contributed by atoms with Crippen LogP contribution in [0.25, 0.3) is 22.3 Å². The van der Waals surface area contributed by atoms with Gasteiger partial charge in [0.1, 0.15) is 35.6 Å². The van der Waals surface area contributed by atoms with Gasteiger partial charge in [0.2, 0.25) is 11.9 Å². The molecule has 0 spiro atoms. The predicted molar refractivity (Wildman–Crippen MR) is 298 cm³/mol. The number of carbonyl (C=O) groups excluding carboxylic acids is 2. The monoisotopic (exact) mass is 1210 g/mol. The topological polar surface area (TPSA) is 325 Å². The Hall–Kier alpha value is -7.90. The molecular formula is C54H53FN12O14P2S. The number of aromatic amines is 1. The van der Waals surface area contributed by atoms with Crippen molar-refractivity contribution < 1.29 is 65.2 Å². The minimum Gasteiger partial charge on any atom is -0.566 e. The molecule has 0 radical (unpaired) electrons. The molecule has 2 amide bonds. The third-order valence-corrected chi connectivity index (χ3v) is 16.4. The molecule has 2 unspecified atom stereocenters. The number of nitrogens with one attached hydrogen (secondary N) is 3. The molecule has 10 rings (SSSR count). The maximum absolute atomic E-state index is 18.1. The second-order valence-electron chi connectivity index (χ2n) is 19.3. The zero-order valence-electron chi connectivity index (χ0n) is 45.1. The van der Waals surface area contributed by atoms with Crippen LogP contribution in [0.2, 0.25) is 0 Å². The number of aromatic nitrogens is 9. The van der Waals surface area contributed by atoms with E-state index >= 15 is 4.39 Å². The van der Waals surface area contributed by atoms with Crippen LogP contribution in [-0.4, -0.2) is 121 Å². The molecule has 3 N–H and O–H groups in total. The first-order valence-electron chi connectivity index (χ1n) is 26.0. The van der Waals surface area contributed by atoms with E-state index < -0.39 is 100 Å². The molecule has 436 valence electrons. The maximum Gasteiger partial charge on any atom is 0.488 e. The van der Waals surface area contributed by atoms with Crippen LogP contribution in [-0.2, 0) is 59.1 Å². The van der Waals surface area contributed by atoms with E-state index in [2.05, 4.69) is 45.9 Å². The summed E-state index contributed by atoms with van der Waals surface area (Å²) in [7, 11) is -0.401. The fraction of sp³-hybridized carbons (Fsp3) is 0.333. The van der Waals surface area contributed by atoms with Gasteiger partial charge in [0.05, 0.1) is 59.0 Å². The lowest BCUT2D eigenvalue weighted by Gasteiger charge is -2.37. The number of H-pyrrole nitrogens is 1. The fourth-order valence-corrected chi connectivity index (χ4v) is 12.1. The Bertz CT molecular complexity index is 3760. The summed E-state index contributed by atoms with van der Waals surface area (Å²) in [4.78, 5) is 70.8. The van der Waals surface area contributed by atoms with Crippen LogP contribution in [0.4, 0.5) is 16.2 Å². The van der Waals surface area contributed by atoms with Gasteiger partial charge >= 0.3 is 15.0 Å². The molecule has 4 aromatic carbocycles. The van der Waals surface area contributed by atoms with Gasteiger partial charge in [0, 0.05) is 17.9 Å². The van der Waals surface area contributed by atoms with Crippen molar-refractivity contribution in [1.29, 1.82) is 5.26 Å². The van der Waals surface area contributed by atoms with Gasteiger partial charge in [-0.15, -0.1) is 9.62 Å². The molecule has 0 saturated carbocycles. The van der Waals surface area contributed by atoms with Gasteiger partial charge in [-0.05, 0) is 69.5 Å². The first kappa shape index (κ1) is 59.3. The number of rotatable bonds is 24. The Morgan fingerprint density at radius 3 is 2.20 bits per heavy atom. The van der Waals surface area contributed by atoms with Crippen LogP contribution in [0.15, 0.2) is 127 Å². The summed E-state index contributed by atoms with van der Waals surface area (Å²) in [5, 5.41) is 23.4. The summed E-state index contributed by atoms with van der Waals surface area (Å²) in [5.41, 5.74) is -0.222. The highest BCUT2D eigenvalue weighted by atomic mass is 32.5. The smallest absolute Gasteiger partial charge is 0.488 e. The first-order chi connectivity index (χ1) is 40.6. The van der Waals surface area contributed by atoms with Crippen molar-refractivity contribution in [2.75, 3.05) is 44.7 Å². The molecule has 8 aromatic rings. The number of nitrogens with zero attached hydrogens (tertiary/aromatic N) is 9. The quantitative estimate of drug-likeness (QED) is 0.0321. The number of methoxy groups -OCH3 is 2. The average Bonchev–Trinajstić information content (AvgIpc) is 3.70. The highest BCUT2D eigenvalue weighted by molar-refractivity contribution is 8.07. The SMILES string of the molecule is COc1ccc(C(OC[C@H]2O[C@@H](n3nnc4c(NC(=O)c5ccccc5)ncnc43)[C@@H](F)[C@@H]2OP(=S)(OCCC#N)OC[C@@H]2C[C@H](O[P+](=O)[O-])[C@H](n3cnc4c(=O)[nH]c(NC(=O)C(C)C)nc43)O2)(c2ccccc2)c2ccc(OC)cc2)cc1. The largest absolute Gasteiger partial charge is 0.566 e. The summed E-state index contributed by atoms with van der Waals surface area (Å²) < 4.78 is 88.2. The lowest BCUT2D eigenvalue weighted by atomic mass is 9.80. The molecule has 2 aliphatic heterocycles. The summed E-state index contributed by atoms with van der Waals surface area (Å²) in [5.74, 6) is -0.531. The number of hydrogen-bond donors (Lipinski definition) is 3. The number of imidazole rings is 1. The molecular weight excluding hydrogens is 1150 g/mol. The van der Waals surface area contributed by atoms with E-state index in [1.165, 1.54) is 10.9 Å². The van der Waals surface area contributed by atoms with Crippen LogP contribution in [0.1, 0.15) is 66.2 Å². The Kier molecular flexibility index (Phi) is 18.3. The van der Waals surface area contributed by atoms with E-state index in [1.54, 1.807) is 82.7 Å². The van der Waals surface area contributed by atoms with Crippen molar-refractivity contribution in [3.8, 4) is 17.6 Å². The van der Waals surface area contributed by atoms with Crippen LogP contribution in [0.3, 0.4) is 0 Å². The van der Waals surface area contributed by atoms with E-state index in [1.807, 2.05) is 60.7 Å². The van der Waals surface area contributed by atoms with Gasteiger partial charge < -0.3 is 42.9 Å². The number of carbonyl (C=O) groups is 2. The van der Waals surface area contributed by atoms with Crippen LogP contribution in [0, 0.1) is 17.2 Å². The molecule has 0 aliphatic carbocycles. The third-order valence-electron chi connectivity index (χ3n) is 13.6. The molecule has 9 atom stereocenters. The molecule has 2 aliphatic rings. The Morgan fingerprint density at radius 2 is 1.56 bits per heavy atom. The van der Waals surface area contributed by atoms with Crippen molar-refractivity contribution in [3.05, 3.63) is 154 Å². The number of alkyl halides is 1. The standard InChI is InChI=1S/C54H53FN12O14P2S/c1-31(2)48(68)62-53-61-47-43(50(70)63-53)59-30-66(47)51-39(80-82(71)72)26-38(78-51)27-77-83(84,76-25-11-24-56)81-44-40(79-52(41(44)55)67-46-42(64-65-67)45(57-29-58-46)60-49(69)32-12-7-5-8-13-32)28-75-54(33-14-9-6-10-15-33,34-16-20-36(73-3)21-17-34)35-18-22-37(74-4)23-19-35/h5-10,12-23,29-31,38-41,44,51-52H,11,25-28H2,1-4H3,(H,57,58,60,69)(H2,61,62,63,68,70)/t38-,39-,40+,41-,44+,51+,52+,83?/m0/s1. The van der Waals surface area contributed by atoms with E-state index in [9.17, 15) is 29.1 Å². The molecule has 6 heterocycles. The first-order valence-corrected chi connectivity index (χ1v) is 29.7. The lowest BCUT2D eigenvalue weighted by Crippen LogP contribution is -2.40. The van der Waals surface area contributed by atoms with Crippen molar-refractivity contribution in [3.63, 3.8) is 0 Å². The summed E-state index contributed by atoms with van der Waals surface area (Å²) in [6, 6.07) is 34.1. The van der Waals surface area contributed by atoms with Crippen LogP contribution >= 0.6 is 15.0 Å². The number of ether oxygens (including phenoxy) is 5. The zero-order valence-corrected chi connectivity index (χ0v) is 47.7. The van der Waals surface area contributed by atoms with Crippen molar-refractivity contribution in [2.24, 2.45) is 5.92 Å². The molecule has 2 fully saturated rings. The van der Waals surface area contributed by atoms with Crippen LogP contribution < -0.4 is 30.6 Å². The summed E-state index contributed by atoms with van der Waals surface area (Å²) in [6.07, 6.45) is -8.71. The number of hydrogen-bond acceptors (Lipinski definition) is 22. The molecule has 0 bridgehead atoms. The highest BCUT2D eigenvalue weighted by Crippen LogP contribution is 2.55. The third kappa shape index (κ3) is 12.6. The van der Waals surface area contributed by atoms with Gasteiger partial charge in [-0.3, -0.25) is 33.8 Å². The normalized spacial score (nSPS) is 20.6. The zero-order chi connectivity index (χ0) is 59.1. The summed E-state index contributed by atoms with van der Waals surface area (Å²) in [6.45, 7) is -2.27. The maximum atomic E-state index is 18.1. The number of benzene rings is 4. The molecule has 4 aromatic heterocycles. The van der Waals surface area contributed by atoms with E-state index in [0.29, 0.717) is 33.8 Å².